The third kappa shape index (κ3) is 5.75. The molecule has 1 aliphatic carbocycles. The Bertz CT molecular complexity index is 1920. The lowest BCUT2D eigenvalue weighted by molar-refractivity contribution is 0.0991. The average molecular weight is 598 g/mol. The van der Waals surface area contributed by atoms with E-state index in [0.29, 0.717) is 33.5 Å². The maximum Gasteiger partial charge on any atom is 0.257 e. The molecule has 6 rings (SSSR count). The standard InChI is InChI=1S/C34H29F2N3O5/c1-42-31-17-27-32(38-34(31)43-2)30(13-14-37-27)44-29-12-7-20(15-26(29)36)16-28(40)25-19-39(23-5-3-4-6-23)18-24(33(25)41)21-8-10-22(35)11-9-21/h7-15,17-19,23H,3-6,16H2,1-2H3. The molecule has 0 unspecified atom stereocenters. The molecule has 0 aliphatic heterocycles. The minimum atomic E-state index is -0.691. The third-order valence-corrected chi connectivity index (χ3v) is 7.85. The van der Waals surface area contributed by atoms with Gasteiger partial charge in [-0.3, -0.25) is 14.6 Å². The highest BCUT2D eigenvalue weighted by atomic mass is 19.1. The van der Waals surface area contributed by atoms with Crippen LogP contribution in [-0.4, -0.2) is 34.5 Å². The van der Waals surface area contributed by atoms with Crippen molar-refractivity contribution in [2.45, 2.75) is 38.1 Å². The predicted molar refractivity (Wildman–Crippen MR) is 161 cm³/mol. The number of Topliss-reactive ketones (excluding diaryl/α,β-unsaturated/α-hetero) is 1. The Kier molecular flexibility index (Phi) is 8.06. The van der Waals surface area contributed by atoms with E-state index in [2.05, 4.69) is 9.97 Å². The summed E-state index contributed by atoms with van der Waals surface area (Å²) < 4.78 is 47.3. The van der Waals surface area contributed by atoms with E-state index < -0.39 is 22.8 Å². The molecule has 224 valence electrons. The lowest BCUT2D eigenvalue weighted by atomic mass is 9.99. The van der Waals surface area contributed by atoms with Crippen LogP contribution in [0.15, 0.2) is 78.0 Å². The first kappa shape index (κ1) is 29.0. The zero-order valence-electron chi connectivity index (χ0n) is 24.2. The highest BCUT2D eigenvalue weighted by molar-refractivity contribution is 5.98. The first-order chi connectivity index (χ1) is 21.3. The number of benzene rings is 2. The zero-order chi connectivity index (χ0) is 30.8. The largest absolute Gasteiger partial charge is 0.491 e. The summed E-state index contributed by atoms with van der Waals surface area (Å²) in [5.74, 6) is -0.755. The highest BCUT2D eigenvalue weighted by Gasteiger charge is 2.22. The quantitative estimate of drug-likeness (QED) is 0.168. The number of halogens is 2. The molecule has 0 N–H and O–H groups in total. The van der Waals surface area contributed by atoms with Gasteiger partial charge in [-0.05, 0) is 48.2 Å². The van der Waals surface area contributed by atoms with Gasteiger partial charge in [-0.1, -0.05) is 31.0 Å². The molecule has 5 aromatic rings. The van der Waals surface area contributed by atoms with Crippen LogP contribution in [0.3, 0.4) is 0 Å². The van der Waals surface area contributed by atoms with E-state index in [9.17, 15) is 14.0 Å². The zero-order valence-corrected chi connectivity index (χ0v) is 24.2. The molecule has 1 saturated carbocycles. The number of hydrogen-bond acceptors (Lipinski definition) is 7. The van der Waals surface area contributed by atoms with E-state index in [0.717, 1.165) is 25.7 Å². The van der Waals surface area contributed by atoms with Gasteiger partial charge in [0, 0.05) is 48.7 Å². The van der Waals surface area contributed by atoms with Crippen molar-refractivity contribution in [3.8, 4) is 34.3 Å². The molecule has 8 nitrogen and oxygen atoms in total. The van der Waals surface area contributed by atoms with Crippen LogP contribution in [0.1, 0.15) is 47.6 Å². The lowest BCUT2D eigenvalue weighted by Crippen LogP contribution is -2.22. The Morgan fingerprint density at radius 3 is 2.41 bits per heavy atom. The van der Waals surface area contributed by atoms with Crippen LogP contribution in [0.2, 0.25) is 0 Å². The monoisotopic (exact) mass is 597 g/mol. The molecule has 1 aliphatic rings. The van der Waals surface area contributed by atoms with Crippen molar-refractivity contribution >= 4 is 16.8 Å². The molecular weight excluding hydrogens is 568 g/mol. The minimum absolute atomic E-state index is 0.0122. The molecule has 0 amide bonds. The molecular formula is C34H29F2N3O5. The normalized spacial score (nSPS) is 13.3. The van der Waals surface area contributed by atoms with E-state index in [1.165, 1.54) is 56.8 Å². The van der Waals surface area contributed by atoms with Gasteiger partial charge in [-0.25, -0.2) is 13.8 Å². The second-order valence-electron chi connectivity index (χ2n) is 10.7. The van der Waals surface area contributed by atoms with Crippen LogP contribution in [0.25, 0.3) is 22.2 Å². The summed E-state index contributed by atoms with van der Waals surface area (Å²) >= 11 is 0. The first-order valence-electron chi connectivity index (χ1n) is 14.2. The Morgan fingerprint density at radius 1 is 0.932 bits per heavy atom. The van der Waals surface area contributed by atoms with E-state index in [1.807, 2.05) is 4.57 Å². The van der Waals surface area contributed by atoms with E-state index in [1.54, 1.807) is 30.6 Å². The number of methoxy groups -OCH3 is 2. The van der Waals surface area contributed by atoms with Gasteiger partial charge in [0.15, 0.2) is 34.3 Å². The van der Waals surface area contributed by atoms with E-state index in [-0.39, 0.29) is 35.4 Å². The number of aromatic nitrogens is 3. The van der Waals surface area contributed by atoms with Crippen molar-refractivity contribution in [1.29, 1.82) is 0 Å². The second-order valence-corrected chi connectivity index (χ2v) is 10.7. The molecule has 2 aromatic carbocycles. The summed E-state index contributed by atoms with van der Waals surface area (Å²) in [6, 6.07) is 13.2. The number of ketones is 1. The van der Waals surface area contributed by atoms with Crippen molar-refractivity contribution in [2.75, 3.05) is 14.2 Å². The first-order valence-corrected chi connectivity index (χ1v) is 14.2. The summed E-state index contributed by atoms with van der Waals surface area (Å²) in [7, 11) is 2.94. The van der Waals surface area contributed by atoms with Crippen molar-refractivity contribution in [2.24, 2.45) is 0 Å². The van der Waals surface area contributed by atoms with Crippen LogP contribution < -0.4 is 19.6 Å². The number of hydrogen-bond donors (Lipinski definition) is 0. The average Bonchev–Trinajstić information content (AvgIpc) is 3.58. The number of pyridine rings is 3. The van der Waals surface area contributed by atoms with Gasteiger partial charge >= 0.3 is 0 Å². The van der Waals surface area contributed by atoms with Crippen LogP contribution in [0.4, 0.5) is 8.78 Å². The molecule has 0 radical (unpaired) electrons. The fourth-order valence-electron chi connectivity index (χ4n) is 5.57. The molecule has 0 saturated heterocycles. The van der Waals surface area contributed by atoms with Gasteiger partial charge in [0.2, 0.25) is 0 Å². The molecule has 0 spiro atoms. The maximum atomic E-state index is 15.3. The van der Waals surface area contributed by atoms with Crippen LogP contribution in [0, 0.1) is 11.6 Å². The number of carbonyl (C=O) groups is 1. The maximum absolute atomic E-state index is 15.3. The van der Waals surface area contributed by atoms with Crippen LogP contribution in [0.5, 0.6) is 23.1 Å². The topological polar surface area (TPSA) is 92.5 Å². The minimum Gasteiger partial charge on any atom is -0.491 e. The third-order valence-electron chi connectivity index (χ3n) is 7.85. The number of carbonyl (C=O) groups excluding carboxylic acids is 1. The summed E-state index contributed by atoms with van der Waals surface area (Å²) in [6.45, 7) is 0. The number of fused-ring (bicyclic) bond motifs is 1. The van der Waals surface area contributed by atoms with Crippen molar-refractivity contribution in [1.82, 2.24) is 14.5 Å². The highest BCUT2D eigenvalue weighted by Crippen LogP contribution is 2.35. The molecule has 3 heterocycles. The van der Waals surface area contributed by atoms with Gasteiger partial charge in [-0.2, -0.15) is 0 Å². The summed E-state index contributed by atoms with van der Waals surface area (Å²) in [5.41, 5.74) is 1.61. The van der Waals surface area contributed by atoms with E-state index >= 15 is 4.39 Å². The number of rotatable bonds is 9. The molecule has 3 aromatic heterocycles. The second kappa shape index (κ2) is 12.2. The molecule has 44 heavy (non-hydrogen) atoms. The van der Waals surface area contributed by atoms with Crippen LogP contribution in [-0.2, 0) is 6.42 Å². The fraction of sp³-hybridized carbons (Fsp3) is 0.235. The predicted octanol–water partition coefficient (Wildman–Crippen LogP) is 7.09. The van der Waals surface area contributed by atoms with Gasteiger partial charge in [0.25, 0.3) is 5.88 Å². The Balaban J connectivity index is 1.28. The molecule has 10 heteroatoms. The SMILES string of the molecule is COc1cc2nccc(Oc3ccc(CC(=O)c4cn(C5CCCC5)cc(-c5ccc(F)cc5)c4=O)cc3F)c2nc1OC. The molecule has 0 atom stereocenters. The summed E-state index contributed by atoms with van der Waals surface area (Å²) in [5, 5.41) is 0. The Hall–Kier alpha value is -5.12. The van der Waals surface area contributed by atoms with E-state index in [4.69, 9.17) is 14.2 Å². The molecule has 1 fully saturated rings. The molecule has 0 bridgehead atoms. The number of ether oxygens (including phenoxy) is 3. The smallest absolute Gasteiger partial charge is 0.257 e. The number of nitrogens with zero attached hydrogens (tertiary/aromatic N) is 3. The van der Waals surface area contributed by atoms with Gasteiger partial charge < -0.3 is 18.8 Å². The Morgan fingerprint density at radius 2 is 1.70 bits per heavy atom. The summed E-state index contributed by atoms with van der Waals surface area (Å²) in [4.78, 5) is 35.7. The van der Waals surface area contributed by atoms with Crippen molar-refractivity contribution in [3.05, 3.63) is 106 Å². The summed E-state index contributed by atoms with van der Waals surface area (Å²) in [6.07, 6.45) is 8.67. The van der Waals surface area contributed by atoms with Crippen LogP contribution >= 0.6 is 0 Å². The fourth-order valence-corrected chi connectivity index (χ4v) is 5.57. The lowest BCUT2D eigenvalue weighted by Gasteiger charge is -2.18. The van der Waals surface area contributed by atoms with Gasteiger partial charge in [-0.15, -0.1) is 0 Å². The van der Waals surface area contributed by atoms with Gasteiger partial charge in [0.05, 0.1) is 25.3 Å². The Labute approximate surface area is 251 Å². The van der Waals surface area contributed by atoms with Crippen molar-refractivity contribution < 1.29 is 27.8 Å². The van der Waals surface area contributed by atoms with Crippen molar-refractivity contribution in [3.63, 3.8) is 0 Å². The van der Waals surface area contributed by atoms with Gasteiger partial charge in [0.1, 0.15) is 11.3 Å².